The van der Waals surface area contributed by atoms with Crippen molar-refractivity contribution >= 4 is 34.4 Å². The SMILES string of the molecule is O=C(Cl)C1CCCN1C(=O)c1c(F)cccc1Cl. The number of carbonyl (C=O) groups excluding carboxylic acids is 2. The summed E-state index contributed by atoms with van der Waals surface area (Å²) in [4.78, 5) is 24.7. The summed E-state index contributed by atoms with van der Waals surface area (Å²) >= 11 is 11.3. The summed E-state index contributed by atoms with van der Waals surface area (Å²) in [5.74, 6) is -1.28. The number of hydrogen-bond donors (Lipinski definition) is 0. The molecule has 1 fully saturated rings. The zero-order valence-electron chi connectivity index (χ0n) is 9.33. The number of carbonyl (C=O) groups is 2. The van der Waals surface area contributed by atoms with Gasteiger partial charge in [-0.1, -0.05) is 17.7 Å². The first-order valence-electron chi connectivity index (χ1n) is 5.46. The van der Waals surface area contributed by atoms with Gasteiger partial charge in [0.2, 0.25) is 5.24 Å². The van der Waals surface area contributed by atoms with Crippen molar-refractivity contribution in [1.29, 1.82) is 0 Å². The van der Waals surface area contributed by atoms with Crippen LogP contribution in [0, 0.1) is 5.82 Å². The number of hydrogen-bond acceptors (Lipinski definition) is 2. The standard InChI is InChI=1S/C12H10Cl2FNO2/c13-7-3-1-4-8(15)10(7)12(18)16-6-2-5-9(16)11(14)17/h1,3-4,9H,2,5-6H2. The molecule has 1 aliphatic rings. The summed E-state index contributed by atoms with van der Waals surface area (Å²) in [5, 5.41) is -0.569. The van der Waals surface area contributed by atoms with Gasteiger partial charge in [0.15, 0.2) is 0 Å². The van der Waals surface area contributed by atoms with Crippen LogP contribution in [0.5, 0.6) is 0 Å². The molecule has 0 bridgehead atoms. The van der Waals surface area contributed by atoms with Crippen LogP contribution in [0.15, 0.2) is 18.2 Å². The Morgan fingerprint density at radius 3 is 2.72 bits per heavy atom. The number of amides is 1. The Hall–Kier alpha value is -1.13. The van der Waals surface area contributed by atoms with Crippen molar-refractivity contribution in [3.63, 3.8) is 0 Å². The average molecular weight is 290 g/mol. The highest BCUT2D eigenvalue weighted by molar-refractivity contribution is 6.64. The van der Waals surface area contributed by atoms with Gasteiger partial charge in [-0.3, -0.25) is 9.59 Å². The summed E-state index contributed by atoms with van der Waals surface area (Å²) in [6.07, 6.45) is 1.17. The lowest BCUT2D eigenvalue weighted by Gasteiger charge is -2.22. The number of benzene rings is 1. The molecule has 0 radical (unpaired) electrons. The summed E-state index contributed by atoms with van der Waals surface area (Å²) in [5.41, 5.74) is -0.205. The molecule has 1 aromatic carbocycles. The van der Waals surface area contributed by atoms with Crippen molar-refractivity contribution in [3.05, 3.63) is 34.6 Å². The van der Waals surface area contributed by atoms with Crippen LogP contribution in [0.25, 0.3) is 0 Å². The van der Waals surface area contributed by atoms with Gasteiger partial charge in [-0.15, -0.1) is 0 Å². The maximum absolute atomic E-state index is 13.6. The maximum Gasteiger partial charge on any atom is 0.259 e. The topological polar surface area (TPSA) is 37.4 Å². The van der Waals surface area contributed by atoms with Gasteiger partial charge < -0.3 is 4.90 Å². The van der Waals surface area contributed by atoms with Gasteiger partial charge in [0.05, 0.1) is 10.6 Å². The van der Waals surface area contributed by atoms with Crippen LogP contribution in [0.3, 0.4) is 0 Å². The zero-order valence-corrected chi connectivity index (χ0v) is 10.8. The number of likely N-dealkylation sites (tertiary alicyclic amines) is 1. The molecule has 0 saturated carbocycles. The highest BCUT2D eigenvalue weighted by Crippen LogP contribution is 2.26. The highest BCUT2D eigenvalue weighted by atomic mass is 35.5. The molecule has 0 N–H and O–H groups in total. The second kappa shape index (κ2) is 5.24. The van der Waals surface area contributed by atoms with E-state index < -0.39 is 23.0 Å². The van der Waals surface area contributed by atoms with E-state index in [0.29, 0.717) is 19.4 Å². The van der Waals surface area contributed by atoms with Crippen LogP contribution in [-0.4, -0.2) is 28.6 Å². The third kappa shape index (κ3) is 2.35. The average Bonchev–Trinajstić information content (AvgIpc) is 2.77. The summed E-state index contributed by atoms with van der Waals surface area (Å²) in [6, 6.07) is 3.33. The number of rotatable bonds is 2. The first-order chi connectivity index (χ1) is 8.52. The molecule has 1 saturated heterocycles. The molecule has 1 atom stereocenters. The van der Waals surface area contributed by atoms with Crippen molar-refractivity contribution in [2.75, 3.05) is 6.54 Å². The monoisotopic (exact) mass is 289 g/mol. The van der Waals surface area contributed by atoms with Crippen LogP contribution >= 0.6 is 23.2 Å². The Morgan fingerprint density at radius 2 is 2.11 bits per heavy atom. The molecular formula is C12H10Cl2FNO2. The van der Waals surface area contributed by atoms with Crippen LogP contribution in [0.1, 0.15) is 23.2 Å². The fourth-order valence-corrected chi connectivity index (χ4v) is 2.56. The summed E-state index contributed by atoms with van der Waals surface area (Å²) in [6.45, 7) is 0.382. The van der Waals surface area contributed by atoms with E-state index in [2.05, 4.69) is 0 Å². The summed E-state index contributed by atoms with van der Waals surface area (Å²) < 4.78 is 13.6. The van der Waals surface area contributed by atoms with E-state index in [9.17, 15) is 14.0 Å². The molecule has 1 heterocycles. The van der Waals surface area contributed by atoms with Crippen molar-refractivity contribution in [1.82, 2.24) is 4.90 Å². The van der Waals surface area contributed by atoms with E-state index >= 15 is 0 Å². The minimum Gasteiger partial charge on any atom is -0.327 e. The lowest BCUT2D eigenvalue weighted by atomic mass is 10.1. The minimum atomic E-state index is -0.694. The van der Waals surface area contributed by atoms with Gasteiger partial charge in [-0.25, -0.2) is 4.39 Å². The second-order valence-corrected chi connectivity index (χ2v) is 4.84. The molecular weight excluding hydrogens is 280 g/mol. The van der Waals surface area contributed by atoms with Crippen molar-refractivity contribution < 1.29 is 14.0 Å². The van der Waals surface area contributed by atoms with Gasteiger partial charge in [0.25, 0.3) is 5.91 Å². The molecule has 0 spiro atoms. The molecule has 0 aliphatic carbocycles. The van der Waals surface area contributed by atoms with Crippen molar-refractivity contribution in [2.45, 2.75) is 18.9 Å². The van der Waals surface area contributed by atoms with Gasteiger partial charge in [0.1, 0.15) is 11.9 Å². The van der Waals surface area contributed by atoms with Gasteiger partial charge >= 0.3 is 0 Å². The molecule has 18 heavy (non-hydrogen) atoms. The fourth-order valence-electron chi connectivity index (χ4n) is 2.09. The summed E-state index contributed by atoms with van der Waals surface area (Å²) in [7, 11) is 0. The second-order valence-electron chi connectivity index (χ2n) is 4.06. The van der Waals surface area contributed by atoms with Crippen molar-refractivity contribution in [3.8, 4) is 0 Å². The molecule has 0 aromatic heterocycles. The van der Waals surface area contributed by atoms with E-state index in [1.807, 2.05) is 0 Å². The smallest absolute Gasteiger partial charge is 0.259 e. The zero-order chi connectivity index (χ0) is 13.3. The molecule has 1 aliphatic heterocycles. The number of nitrogens with zero attached hydrogens (tertiary/aromatic N) is 1. The van der Waals surface area contributed by atoms with E-state index in [1.165, 1.54) is 17.0 Å². The van der Waals surface area contributed by atoms with E-state index in [-0.39, 0.29) is 10.6 Å². The van der Waals surface area contributed by atoms with Crippen molar-refractivity contribution in [2.24, 2.45) is 0 Å². The lowest BCUT2D eigenvalue weighted by Crippen LogP contribution is -2.39. The third-order valence-corrected chi connectivity index (χ3v) is 3.52. The normalized spacial score (nSPS) is 19.1. The molecule has 3 nitrogen and oxygen atoms in total. The maximum atomic E-state index is 13.6. The Labute approximate surface area is 113 Å². The van der Waals surface area contributed by atoms with Gasteiger partial charge in [-0.2, -0.15) is 0 Å². The molecule has 96 valence electrons. The Morgan fingerprint density at radius 1 is 1.39 bits per heavy atom. The Kier molecular flexibility index (Phi) is 3.88. The van der Waals surface area contributed by atoms with Gasteiger partial charge in [0, 0.05) is 6.54 Å². The van der Waals surface area contributed by atoms with Crippen LogP contribution in [0.4, 0.5) is 4.39 Å². The quantitative estimate of drug-likeness (QED) is 0.785. The fraction of sp³-hybridized carbons (Fsp3) is 0.333. The minimum absolute atomic E-state index is 0.0349. The first-order valence-corrected chi connectivity index (χ1v) is 6.22. The molecule has 1 amide bonds. The molecule has 1 aromatic rings. The van der Waals surface area contributed by atoms with Crippen LogP contribution in [0.2, 0.25) is 5.02 Å². The third-order valence-electron chi connectivity index (χ3n) is 2.95. The van der Waals surface area contributed by atoms with Crippen LogP contribution in [-0.2, 0) is 4.79 Å². The van der Waals surface area contributed by atoms with Crippen LogP contribution < -0.4 is 0 Å². The Balaban J connectivity index is 2.34. The number of halogens is 3. The predicted octanol–water partition coefficient (Wildman–Crippen LogP) is 2.85. The first kappa shape index (κ1) is 13.3. The predicted molar refractivity (Wildman–Crippen MR) is 66.3 cm³/mol. The Bertz CT molecular complexity index is 487. The molecule has 2 rings (SSSR count). The molecule has 1 unspecified atom stereocenters. The van der Waals surface area contributed by atoms with Gasteiger partial charge in [-0.05, 0) is 36.6 Å². The van der Waals surface area contributed by atoms with E-state index in [4.69, 9.17) is 23.2 Å². The largest absolute Gasteiger partial charge is 0.327 e. The highest BCUT2D eigenvalue weighted by Gasteiger charge is 2.35. The van der Waals surface area contributed by atoms with E-state index in [0.717, 1.165) is 6.07 Å². The lowest BCUT2D eigenvalue weighted by molar-refractivity contribution is -0.115. The van der Waals surface area contributed by atoms with E-state index in [1.54, 1.807) is 0 Å². The molecule has 6 heteroatoms.